The van der Waals surface area contributed by atoms with Crippen LogP contribution in [0, 0.1) is 11.8 Å². The zero-order valence-corrected chi connectivity index (χ0v) is 13.5. The molecule has 3 N–H and O–H groups in total. The van der Waals surface area contributed by atoms with Crippen LogP contribution >= 0.6 is 11.8 Å². The van der Waals surface area contributed by atoms with Gasteiger partial charge in [-0.25, -0.2) is 4.79 Å². The van der Waals surface area contributed by atoms with E-state index in [-0.39, 0.29) is 23.9 Å². The van der Waals surface area contributed by atoms with Crippen molar-refractivity contribution in [2.24, 2.45) is 11.8 Å². The summed E-state index contributed by atoms with van der Waals surface area (Å²) < 4.78 is 0. The van der Waals surface area contributed by atoms with Crippen LogP contribution in [0.1, 0.15) is 44.9 Å². The zero-order valence-electron chi connectivity index (χ0n) is 12.6. The Morgan fingerprint density at radius 3 is 2.67 bits per heavy atom. The number of nitrogens with one attached hydrogen (secondary N) is 2. The molecule has 2 rings (SSSR count). The number of urea groups is 1. The van der Waals surface area contributed by atoms with Crippen LogP contribution in [0.3, 0.4) is 0 Å². The Balaban J connectivity index is 1.71. The number of thioether (sulfide) groups is 1. The predicted molar refractivity (Wildman–Crippen MR) is 84.6 cm³/mol. The molecule has 2 aliphatic carbocycles. The number of carbonyl (C=O) groups excluding carboxylic acids is 1. The number of carboxylic acids is 1. The van der Waals surface area contributed by atoms with Crippen molar-refractivity contribution in [3.63, 3.8) is 0 Å². The third kappa shape index (κ3) is 4.80. The lowest BCUT2D eigenvalue weighted by Crippen LogP contribution is -2.46. The number of carboxylic acid groups (broad SMARTS) is 1. The molecule has 2 aliphatic rings. The summed E-state index contributed by atoms with van der Waals surface area (Å²) in [4.78, 5) is 23.1. The van der Waals surface area contributed by atoms with Gasteiger partial charge in [0.05, 0.1) is 5.92 Å². The summed E-state index contributed by atoms with van der Waals surface area (Å²) in [5.41, 5.74) is 0. The topological polar surface area (TPSA) is 78.4 Å². The molecule has 0 spiro atoms. The molecule has 0 aromatic rings. The smallest absolute Gasteiger partial charge is 0.315 e. The Labute approximate surface area is 130 Å². The summed E-state index contributed by atoms with van der Waals surface area (Å²) in [6.45, 7) is 0.474. The number of hydrogen-bond acceptors (Lipinski definition) is 3. The van der Waals surface area contributed by atoms with Crippen LogP contribution in [0.15, 0.2) is 0 Å². The molecule has 120 valence electrons. The molecule has 5 nitrogen and oxygen atoms in total. The van der Waals surface area contributed by atoms with Gasteiger partial charge in [-0.15, -0.1) is 0 Å². The van der Waals surface area contributed by atoms with Gasteiger partial charge in [0.1, 0.15) is 0 Å². The van der Waals surface area contributed by atoms with Crippen molar-refractivity contribution in [1.29, 1.82) is 0 Å². The van der Waals surface area contributed by atoms with E-state index in [2.05, 4.69) is 16.9 Å². The van der Waals surface area contributed by atoms with Gasteiger partial charge in [-0.2, -0.15) is 11.8 Å². The van der Waals surface area contributed by atoms with E-state index < -0.39 is 5.97 Å². The first-order valence-electron chi connectivity index (χ1n) is 7.90. The number of aliphatic carboxylic acids is 1. The molecule has 4 unspecified atom stereocenters. The average Bonchev–Trinajstić information content (AvgIpc) is 2.94. The van der Waals surface area contributed by atoms with Crippen LogP contribution in [0.25, 0.3) is 0 Å². The highest BCUT2D eigenvalue weighted by atomic mass is 32.2. The molecular formula is C15H26N2O3S. The van der Waals surface area contributed by atoms with Crippen molar-refractivity contribution in [2.75, 3.05) is 12.8 Å². The molecule has 0 heterocycles. The average molecular weight is 314 g/mol. The largest absolute Gasteiger partial charge is 0.481 e. The molecule has 21 heavy (non-hydrogen) atoms. The van der Waals surface area contributed by atoms with E-state index in [0.717, 1.165) is 32.1 Å². The number of amides is 2. The lowest BCUT2D eigenvalue weighted by Gasteiger charge is -2.29. The summed E-state index contributed by atoms with van der Waals surface area (Å²) in [7, 11) is 0. The molecule has 0 bridgehead atoms. The lowest BCUT2D eigenvalue weighted by molar-refractivity contribution is -0.142. The minimum atomic E-state index is -0.727. The Morgan fingerprint density at radius 1 is 1.19 bits per heavy atom. The van der Waals surface area contributed by atoms with E-state index in [4.69, 9.17) is 5.11 Å². The maximum absolute atomic E-state index is 12.0. The van der Waals surface area contributed by atoms with Gasteiger partial charge in [-0.05, 0) is 44.3 Å². The SMILES string of the molecule is CSC1CCCC(NC(=O)NCC2CCCC2C(=O)O)C1. The number of hydrogen-bond donors (Lipinski definition) is 3. The van der Waals surface area contributed by atoms with E-state index in [1.165, 1.54) is 12.8 Å². The molecule has 4 atom stereocenters. The van der Waals surface area contributed by atoms with Gasteiger partial charge in [-0.1, -0.05) is 12.8 Å². The highest BCUT2D eigenvalue weighted by Crippen LogP contribution is 2.31. The van der Waals surface area contributed by atoms with Gasteiger partial charge < -0.3 is 15.7 Å². The van der Waals surface area contributed by atoms with Crippen molar-refractivity contribution in [1.82, 2.24) is 10.6 Å². The van der Waals surface area contributed by atoms with Crippen molar-refractivity contribution in [3.05, 3.63) is 0 Å². The van der Waals surface area contributed by atoms with Gasteiger partial charge in [-0.3, -0.25) is 4.79 Å². The molecule has 2 fully saturated rings. The second-order valence-electron chi connectivity index (χ2n) is 6.21. The molecule has 0 aromatic carbocycles. The zero-order chi connectivity index (χ0) is 15.2. The molecule has 0 aromatic heterocycles. The maximum Gasteiger partial charge on any atom is 0.315 e. The highest BCUT2D eigenvalue weighted by molar-refractivity contribution is 7.99. The molecule has 0 aliphatic heterocycles. The van der Waals surface area contributed by atoms with Crippen LogP contribution in [0.2, 0.25) is 0 Å². The number of rotatable bonds is 5. The Morgan fingerprint density at radius 2 is 1.95 bits per heavy atom. The Hall–Kier alpha value is -0.910. The second-order valence-corrected chi connectivity index (χ2v) is 7.35. The fraction of sp³-hybridized carbons (Fsp3) is 0.867. The first-order valence-corrected chi connectivity index (χ1v) is 9.19. The summed E-state index contributed by atoms with van der Waals surface area (Å²) in [5, 5.41) is 15.7. The van der Waals surface area contributed by atoms with Gasteiger partial charge in [0.15, 0.2) is 0 Å². The van der Waals surface area contributed by atoms with Crippen molar-refractivity contribution in [2.45, 2.75) is 56.2 Å². The maximum atomic E-state index is 12.0. The van der Waals surface area contributed by atoms with E-state index in [1.807, 2.05) is 11.8 Å². The van der Waals surface area contributed by atoms with Gasteiger partial charge >= 0.3 is 12.0 Å². The van der Waals surface area contributed by atoms with E-state index >= 15 is 0 Å². The fourth-order valence-corrected chi connectivity index (χ4v) is 4.38. The predicted octanol–water partition coefficient (Wildman–Crippen LogP) is 2.46. The minimum Gasteiger partial charge on any atom is -0.481 e. The quantitative estimate of drug-likeness (QED) is 0.728. The van der Waals surface area contributed by atoms with Crippen molar-refractivity contribution >= 4 is 23.8 Å². The van der Waals surface area contributed by atoms with E-state index in [0.29, 0.717) is 11.8 Å². The van der Waals surface area contributed by atoms with E-state index in [1.54, 1.807) is 0 Å². The summed E-state index contributed by atoms with van der Waals surface area (Å²) in [5.74, 6) is -0.936. The molecule has 6 heteroatoms. The Kier molecular flexibility index (Phi) is 6.21. The molecule has 2 saturated carbocycles. The van der Waals surface area contributed by atoms with Crippen LogP contribution in [-0.4, -0.2) is 41.2 Å². The normalized spacial score (nSPS) is 32.6. The van der Waals surface area contributed by atoms with Gasteiger partial charge in [0.25, 0.3) is 0 Å². The van der Waals surface area contributed by atoms with Crippen molar-refractivity contribution < 1.29 is 14.7 Å². The first kappa shape index (κ1) is 16.5. The lowest BCUT2D eigenvalue weighted by atomic mass is 9.95. The summed E-state index contributed by atoms with van der Waals surface area (Å²) in [6.07, 6.45) is 9.20. The standard InChI is InChI=1S/C15H26N2O3S/c1-21-12-6-3-5-11(8-12)17-15(20)16-9-10-4-2-7-13(10)14(18)19/h10-13H,2-9H2,1H3,(H,18,19)(H2,16,17,20). The van der Waals surface area contributed by atoms with E-state index in [9.17, 15) is 9.59 Å². The summed E-state index contributed by atoms with van der Waals surface area (Å²) in [6, 6.07) is 0.118. The van der Waals surface area contributed by atoms with Crippen LogP contribution < -0.4 is 10.6 Å². The van der Waals surface area contributed by atoms with Crippen LogP contribution in [-0.2, 0) is 4.79 Å². The number of carbonyl (C=O) groups is 2. The third-order valence-corrected chi connectivity index (χ3v) is 5.89. The van der Waals surface area contributed by atoms with Crippen LogP contribution in [0.5, 0.6) is 0 Å². The molecule has 0 saturated heterocycles. The second kappa shape index (κ2) is 7.92. The van der Waals surface area contributed by atoms with Gasteiger partial charge in [0.2, 0.25) is 0 Å². The Bertz CT molecular complexity index is 378. The monoisotopic (exact) mass is 314 g/mol. The summed E-state index contributed by atoms with van der Waals surface area (Å²) >= 11 is 1.88. The fourth-order valence-electron chi connectivity index (χ4n) is 3.56. The highest BCUT2D eigenvalue weighted by Gasteiger charge is 2.33. The minimum absolute atomic E-state index is 0.0820. The van der Waals surface area contributed by atoms with Crippen molar-refractivity contribution in [3.8, 4) is 0 Å². The van der Waals surface area contributed by atoms with Gasteiger partial charge in [0, 0.05) is 17.8 Å². The first-order chi connectivity index (χ1) is 10.1. The van der Waals surface area contributed by atoms with Crippen LogP contribution in [0.4, 0.5) is 4.79 Å². The molecular weight excluding hydrogens is 288 g/mol. The third-order valence-electron chi connectivity index (χ3n) is 4.80. The molecule has 0 radical (unpaired) electrons. The molecule has 2 amide bonds.